The molecule has 0 bridgehead atoms. The van der Waals surface area contributed by atoms with Crippen LogP contribution in [0.3, 0.4) is 0 Å². The van der Waals surface area contributed by atoms with Crippen LogP contribution < -0.4 is 0 Å². The summed E-state index contributed by atoms with van der Waals surface area (Å²) in [7, 11) is 0. The normalized spacial score (nSPS) is 14.4. The van der Waals surface area contributed by atoms with Gasteiger partial charge in [0, 0.05) is 10.8 Å². The minimum absolute atomic E-state index is 0.0672. The lowest BCUT2D eigenvalue weighted by molar-refractivity contribution is 0.669. The minimum atomic E-state index is -0.611. The Morgan fingerprint density at radius 1 is 0.333 bits per heavy atom. The van der Waals surface area contributed by atoms with E-state index < -0.39 is 42.3 Å². The molecule has 210 valence electrons. The molecular weight excluding hydrogens is 544 g/mol. The molecule has 0 N–H and O–H groups in total. The minimum Gasteiger partial charge on any atom is -0.456 e. The van der Waals surface area contributed by atoms with Crippen molar-refractivity contribution in [2.24, 2.45) is 0 Å². The summed E-state index contributed by atoms with van der Waals surface area (Å²) in [5.74, 6) is 0. The Bertz CT molecular complexity index is 2920. The average molecular weight is 582 g/mol. The zero-order valence-electron chi connectivity index (χ0n) is 32.9. The van der Waals surface area contributed by atoms with Crippen molar-refractivity contribution in [1.29, 1.82) is 0 Å². The Morgan fingerprint density at radius 3 is 1.44 bits per heavy atom. The standard InChI is InChI=1S/C44H28O/c1-2-10-29(11-3-1)30-18-22-32(23-19-30)43-36-13-4-6-15-38(36)44(39-16-7-5-14-37(39)43)33-24-20-31(21-25-33)34-26-27-42-40(28-34)35-12-8-9-17-41(35)45-42/h1-28H/i1D,2D,3D,10D,11D,18D,19D,22D,23D. The fourth-order valence-corrected chi connectivity index (χ4v) is 6.38. The first-order valence-electron chi connectivity index (χ1n) is 19.2. The predicted octanol–water partition coefficient (Wildman–Crippen LogP) is 12.6. The van der Waals surface area contributed by atoms with Crippen LogP contribution in [-0.2, 0) is 0 Å². The molecule has 0 aliphatic carbocycles. The summed E-state index contributed by atoms with van der Waals surface area (Å²) in [6.45, 7) is 0. The van der Waals surface area contributed by atoms with Crippen molar-refractivity contribution in [3.63, 3.8) is 0 Å². The highest BCUT2D eigenvalue weighted by atomic mass is 16.3. The van der Waals surface area contributed by atoms with Crippen LogP contribution in [-0.4, -0.2) is 0 Å². The molecule has 0 amide bonds. The van der Waals surface area contributed by atoms with E-state index in [0.29, 0.717) is 5.56 Å². The highest BCUT2D eigenvalue weighted by Crippen LogP contribution is 2.44. The van der Waals surface area contributed by atoms with Gasteiger partial charge in [-0.3, -0.25) is 0 Å². The molecule has 0 saturated carbocycles. The molecule has 8 aromatic carbocycles. The maximum absolute atomic E-state index is 9.26. The molecule has 0 spiro atoms. The van der Waals surface area contributed by atoms with Crippen LogP contribution in [0.25, 0.3) is 88.0 Å². The summed E-state index contributed by atoms with van der Waals surface area (Å²) in [4.78, 5) is 0. The first kappa shape index (κ1) is 18.0. The highest BCUT2D eigenvalue weighted by Gasteiger charge is 2.17. The van der Waals surface area contributed by atoms with Crippen LogP contribution in [0.2, 0.25) is 0 Å². The second kappa shape index (κ2) is 10.4. The van der Waals surface area contributed by atoms with Crippen molar-refractivity contribution in [3.8, 4) is 44.5 Å². The fourth-order valence-electron chi connectivity index (χ4n) is 6.38. The zero-order chi connectivity index (χ0) is 37.6. The molecule has 1 aromatic heterocycles. The van der Waals surface area contributed by atoms with Gasteiger partial charge in [0.15, 0.2) is 0 Å². The molecular formula is C44H28O. The lowest BCUT2D eigenvalue weighted by atomic mass is 9.85. The second-order valence-corrected chi connectivity index (χ2v) is 11.0. The smallest absolute Gasteiger partial charge is 0.135 e. The number of benzene rings is 8. The summed E-state index contributed by atoms with van der Waals surface area (Å²) < 4.78 is 84.0. The molecule has 0 radical (unpaired) electrons. The van der Waals surface area contributed by atoms with Gasteiger partial charge >= 0.3 is 0 Å². The van der Waals surface area contributed by atoms with Gasteiger partial charge in [-0.15, -0.1) is 0 Å². The molecule has 0 aliphatic heterocycles. The number of para-hydroxylation sites is 1. The Kier molecular flexibility index (Phi) is 4.15. The molecule has 0 aliphatic rings. The molecule has 1 heteroatoms. The van der Waals surface area contributed by atoms with Crippen LogP contribution in [0.5, 0.6) is 0 Å². The summed E-state index contributed by atoms with van der Waals surface area (Å²) in [6.07, 6.45) is 0. The van der Waals surface area contributed by atoms with Crippen molar-refractivity contribution in [2.75, 3.05) is 0 Å². The lowest BCUT2D eigenvalue weighted by Gasteiger charge is -2.18. The van der Waals surface area contributed by atoms with Gasteiger partial charge in [-0.05, 0) is 84.3 Å². The number of furan rings is 1. The topological polar surface area (TPSA) is 13.1 Å². The zero-order valence-corrected chi connectivity index (χ0v) is 23.9. The van der Waals surface area contributed by atoms with E-state index in [1.165, 1.54) is 0 Å². The number of fused-ring (bicyclic) bond motifs is 5. The third-order valence-corrected chi connectivity index (χ3v) is 8.44. The Balaban J connectivity index is 1.24. The van der Waals surface area contributed by atoms with Gasteiger partial charge in [0.2, 0.25) is 0 Å². The molecule has 1 nitrogen and oxygen atoms in total. The monoisotopic (exact) mass is 581 g/mol. The van der Waals surface area contributed by atoms with Gasteiger partial charge in [0.25, 0.3) is 0 Å². The van der Waals surface area contributed by atoms with Crippen LogP contribution in [0, 0.1) is 0 Å². The van der Waals surface area contributed by atoms with Gasteiger partial charge in [-0.25, -0.2) is 0 Å². The molecule has 0 atom stereocenters. The SMILES string of the molecule is [2H]c1c([2H])c([2H])c(-c2c([2H])c([2H])c(-c3c4ccccc4c(-c4ccc(-c5ccc6oc7ccccc7c6c5)cc4)c4ccccc34)c([2H])c2[2H])c([2H])c1[2H]. The summed E-state index contributed by atoms with van der Waals surface area (Å²) in [5, 5.41) is 5.28. The summed E-state index contributed by atoms with van der Waals surface area (Å²) >= 11 is 0. The van der Waals surface area contributed by atoms with E-state index >= 15 is 0 Å². The van der Waals surface area contributed by atoms with E-state index in [-0.39, 0.29) is 28.8 Å². The number of rotatable bonds is 4. The van der Waals surface area contributed by atoms with Crippen LogP contribution >= 0.6 is 0 Å². The first-order chi connectivity index (χ1) is 26.1. The molecule has 1 heterocycles. The third kappa shape index (κ3) is 4.24. The Morgan fingerprint density at radius 2 is 0.800 bits per heavy atom. The molecule has 9 rings (SSSR count). The van der Waals surface area contributed by atoms with Crippen molar-refractivity contribution in [2.45, 2.75) is 0 Å². The number of hydrogen-bond donors (Lipinski definition) is 0. The molecule has 0 fully saturated rings. The molecule has 45 heavy (non-hydrogen) atoms. The lowest BCUT2D eigenvalue weighted by Crippen LogP contribution is -1.91. The molecule has 0 unspecified atom stereocenters. The van der Waals surface area contributed by atoms with E-state index in [1.54, 1.807) is 0 Å². The van der Waals surface area contributed by atoms with Crippen molar-refractivity contribution >= 4 is 43.5 Å². The van der Waals surface area contributed by atoms with Gasteiger partial charge in [-0.1, -0.05) is 151 Å². The molecule has 9 aromatic rings. The van der Waals surface area contributed by atoms with Gasteiger partial charge in [0.1, 0.15) is 11.2 Å². The largest absolute Gasteiger partial charge is 0.456 e. The van der Waals surface area contributed by atoms with E-state index in [4.69, 9.17) is 14.0 Å². The van der Waals surface area contributed by atoms with Crippen LogP contribution in [0.4, 0.5) is 0 Å². The van der Waals surface area contributed by atoms with Gasteiger partial charge in [-0.2, -0.15) is 0 Å². The summed E-state index contributed by atoms with van der Waals surface area (Å²) in [5.41, 5.74) is 5.58. The van der Waals surface area contributed by atoms with Crippen molar-refractivity contribution in [3.05, 3.63) is 170 Å². The van der Waals surface area contributed by atoms with Crippen molar-refractivity contribution < 1.29 is 16.8 Å². The maximum atomic E-state index is 9.26. The van der Waals surface area contributed by atoms with E-state index in [1.807, 2.05) is 72.8 Å². The van der Waals surface area contributed by atoms with Crippen LogP contribution in [0.1, 0.15) is 12.3 Å². The van der Waals surface area contributed by atoms with Crippen LogP contribution in [0.15, 0.2) is 174 Å². The average Bonchev–Trinajstić information content (AvgIpc) is 3.58. The van der Waals surface area contributed by atoms with Gasteiger partial charge < -0.3 is 4.42 Å². The predicted molar refractivity (Wildman–Crippen MR) is 190 cm³/mol. The first-order valence-corrected chi connectivity index (χ1v) is 14.7. The maximum Gasteiger partial charge on any atom is 0.135 e. The summed E-state index contributed by atoms with van der Waals surface area (Å²) in [6, 6.07) is 33.3. The highest BCUT2D eigenvalue weighted by molar-refractivity contribution is 6.21. The third-order valence-electron chi connectivity index (χ3n) is 8.44. The Hall–Kier alpha value is -5.92. The van der Waals surface area contributed by atoms with E-state index in [0.717, 1.165) is 65.7 Å². The quantitative estimate of drug-likeness (QED) is 0.188. The van der Waals surface area contributed by atoms with E-state index in [2.05, 4.69) is 42.5 Å². The Labute approximate surface area is 274 Å². The van der Waals surface area contributed by atoms with Gasteiger partial charge in [0.05, 0.1) is 12.3 Å². The number of hydrogen-bond acceptors (Lipinski definition) is 1. The second-order valence-electron chi connectivity index (χ2n) is 11.0. The van der Waals surface area contributed by atoms with Crippen molar-refractivity contribution in [1.82, 2.24) is 0 Å². The van der Waals surface area contributed by atoms with E-state index in [9.17, 15) is 2.74 Å². The molecule has 0 saturated heterocycles. The fraction of sp³-hybridized carbons (Fsp3) is 0.